The molecule has 19 heavy (non-hydrogen) atoms. The Morgan fingerprint density at radius 2 is 1.89 bits per heavy atom. The van der Waals surface area contributed by atoms with Gasteiger partial charge in [-0.25, -0.2) is 12.7 Å². The minimum absolute atomic E-state index is 0.116. The van der Waals surface area contributed by atoms with Gasteiger partial charge in [0.05, 0.1) is 5.75 Å². The number of aliphatic imine (C=N–C) groups is 1. The molecule has 2 N–H and O–H groups in total. The van der Waals surface area contributed by atoms with Gasteiger partial charge in [-0.3, -0.25) is 4.99 Å². The van der Waals surface area contributed by atoms with Crippen LogP contribution in [0, 0.1) is 0 Å². The summed E-state index contributed by atoms with van der Waals surface area (Å²) in [6.45, 7) is 4.55. The van der Waals surface area contributed by atoms with Crippen LogP contribution in [0.3, 0.4) is 0 Å². The van der Waals surface area contributed by atoms with Crippen LogP contribution in [-0.2, 0) is 10.0 Å². The minimum atomic E-state index is -3.13. The first kappa shape index (κ1) is 16.6. The van der Waals surface area contributed by atoms with Crippen molar-refractivity contribution in [2.75, 3.05) is 50.5 Å². The van der Waals surface area contributed by atoms with Gasteiger partial charge in [0.25, 0.3) is 0 Å². The molecule has 1 fully saturated rings. The highest BCUT2D eigenvalue weighted by Gasteiger charge is 2.23. The molecule has 0 amide bonds. The first-order chi connectivity index (χ1) is 9.10. The second-order valence-electron chi connectivity index (χ2n) is 4.25. The van der Waals surface area contributed by atoms with Crippen molar-refractivity contribution in [3.63, 3.8) is 0 Å². The summed E-state index contributed by atoms with van der Waals surface area (Å²) in [5, 5.41) is 6.14. The van der Waals surface area contributed by atoms with Crippen molar-refractivity contribution in [2.24, 2.45) is 4.99 Å². The molecular weight excluding hydrogens is 284 g/mol. The van der Waals surface area contributed by atoms with Gasteiger partial charge >= 0.3 is 0 Å². The van der Waals surface area contributed by atoms with Crippen molar-refractivity contribution in [3.8, 4) is 0 Å². The number of hydrogen-bond donors (Lipinski definition) is 2. The smallest absolute Gasteiger partial charge is 0.215 e. The van der Waals surface area contributed by atoms with Crippen LogP contribution < -0.4 is 10.6 Å². The molecule has 8 heteroatoms. The molecule has 0 spiro atoms. The fraction of sp³-hybridized carbons (Fsp3) is 0.909. The van der Waals surface area contributed by atoms with Crippen LogP contribution in [0.5, 0.6) is 0 Å². The normalized spacial score (nSPS) is 18.3. The number of nitrogens with zero attached hydrogens (tertiary/aromatic N) is 2. The third kappa shape index (κ3) is 6.01. The molecule has 0 aromatic carbocycles. The standard InChI is InChI=1S/C11H24N4O2S2/c1-3-4-13-11(12-2)14-5-10-19(16,17)15-6-8-18-9-7-15/h3-10H2,1-2H3,(H2,12,13,14). The fourth-order valence-corrected chi connectivity index (χ4v) is 4.21. The van der Waals surface area contributed by atoms with E-state index in [1.165, 1.54) is 0 Å². The molecular formula is C11H24N4O2S2. The number of rotatable bonds is 6. The van der Waals surface area contributed by atoms with Crippen LogP contribution in [0.2, 0.25) is 0 Å². The summed E-state index contributed by atoms with van der Waals surface area (Å²) in [6, 6.07) is 0. The zero-order chi connectivity index (χ0) is 14.1. The first-order valence-corrected chi connectivity index (χ1v) is 9.36. The van der Waals surface area contributed by atoms with E-state index in [1.807, 2.05) is 0 Å². The Labute approximate surface area is 120 Å². The van der Waals surface area contributed by atoms with Crippen molar-refractivity contribution in [1.82, 2.24) is 14.9 Å². The quantitative estimate of drug-likeness (QED) is 0.531. The molecule has 1 aliphatic rings. The van der Waals surface area contributed by atoms with Gasteiger partial charge in [0.2, 0.25) is 10.0 Å². The van der Waals surface area contributed by atoms with Gasteiger partial charge in [-0.15, -0.1) is 0 Å². The third-order valence-corrected chi connectivity index (χ3v) is 5.60. The second kappa shape index (κ2) is 8.65. The molecule has 6 nitrogen and oxygen atoms in total. The van der Waals surface area contributed by atoms with E-state index in [4.69, 9.17) is 0 Å². The Kier molecular flexibility index (Phi) is 7.55. The van der Waals surface area contributed by atoms with Crippen LogP contribution in [-0.4, -0.2) is 69.2 Å². The van der Waals surface area contributed by atoms with Gasteiger partial charge < -0.3 is 10.6 Å². The van der Waals surface area contributed by atoms with E-state index in [2.05, 4.69) is 22.5 Å². The maximum Gasteiger partial charge on any atom is 0.215 e. The van der Waals surface area contributed by atoms with Crippen molar-refractivity contribution < 1.29 is 8.42 Å². The van der Waals surface area contributed by atoms with E-state index in [1.54, 1.807) is 23.1 Å². The summed E-state index contributed by atoms with van der Waals surface area (Å²) < 4.78 is 25.8. The maximum atomic E-state index is 12.1. The van der Waals surface area contributed by atoms with Gasteiger partial charge in [-0.05, 0) is 6.42 Å². The fourth-order valence-electron chi connectivity index (χ4n) is 1.72. The lowest BCUT2D eigenvalue weighted by Crippen LogP contribution is -2.44. The summed E-state index contributed by atoms with van der Waals surface area (Å²) in [6.07, 6.45) is 1.00. The Hall–Kier alpha value is -0.470. The van der Waals surface area contributed by atoms with Gasteiger partial charge in [-0.1, -0.05) is 6.92 Å². The zero-order valence-corrected chi connectivity index (χ0v) is 13.3. The largest absolute Gasteiger partial charge is 0.356 e. The Bertz CT molecular complexity index is 378. The average molecular weight is 308 g/mol. The van der Waals surface area contributed by atoms with E-state index in [0.717, 1.165) is 24.5 Å². The van der Waals surface area contributed by atoms with E-state index in [0.29, 0.717) is 25.6 Å². The molecule has 0 aromatic rings. The highest BCUT2D eigenvalue weighted by Crippen LogP contribution is 2.12. The zero-order valence-electron chi connectivity index (χ0n) is 11.7. The third-order valence-electron chi connectivity index (χ3n) is 2.78. The molecule has 0 unspecified atom stereocenters. The molecule has 1 rings (SSSR count). The predicted molar refractivity (Wildman–Crippen MR) is 82.3 cm³/mol. The monoisotopic (exact) mass is 308 g/mol. The van der Waals surface area contributed by atoms with E-state index in [-0.39, 0.29) is 5.75 Å². The van der Waals surface area contributed by atoms with Crippen LogP contribution in [0.25, 0.3) is 0 Å². The number of hydrogen-bond acceptors (Lipinski definition) is 4. The lowest BCUT2D eigenvalue weighted by atomic mass is 10.5. The van der Waals surface area contributed by atoms with Crippen molar-refractivity contribution in [1.29, 1.82) is 0 Å². The van der Waals surface area contributed by atoms with Crippen LogP contribution in [0.15, 0.2) is 4.99 Å². The lowest BCUT2D eigenvalue weighted by molar-refractivity contribution is 0.443. The predicted octanol–water partition coefficient (Wildman–Crippen LogP) is -0.0600. The van der Waals surface area contributed by atoms with Crippen LogP contribution >= 0.6 is 11.8 Å². The number of guanidine groups is 1. The summed E-state index contributed by atoms with van der Waals surface area (Å²) >= 11 is 1.81. The molecule has 1 saturated heterocycles. The molecule has 1 heterocycles. The lowest BCUT2D eigenvalue weighted by Gasteiger charge is -2.25. The highest BCUT2D eigenvalue weighted by molar-refractivity contribution is 7.99. The Morgan fingerprint density at radius 3 is 2.47 bits per heavy atom. The molecule has 0 atom stereocenters. The number of sulfonamides is 1. The molecule has 0 bridgehead atoms. The number of nitrogens with one attached hydrogen (secondary N) is 2. The van der Waals surface area contributed by atoms with Crippen molar-refractivity contribution in [3.05, 3.63) is 0 Å². The van der Waals surface area contributed by atoms with Crippen molar-refractivity contribution >= 4 is 27.7 Å². The summed E-state index contributed by atoms with van der Waals surface area (Å²) in [5.74, 6) is 2.56. The Morgan fingerprint density at radius 1 is 1.26 bits per heavy atom. The highest BCUT2D eigenvalue weighted by atomic mass is 32.2. The van der Waals surface area contributed by atoms with E-state index < -0.39 is 10.0 Å². The van der Waals surface area contributed by atoms with Gasteiger partial charge in [0, 0.05) is 44.7 Å². The first-order valence-electron chi connectivity index (χ1n) is 6.60. The Balaban J connectivity index is 2.34. The van der Waals surface area contributed by atoms with Crippen LogP contribution in [0.1, 0.15) is 13.3 Å². The van der Waals surface area contributed by atoms with E-state index in [9.17, 15) is 8.42 Å². The average Bonchev–Trinajstić information content (AvgIpc) is 2.43. The molecule has 0 saturated carbocycles. The van der Waals surface area contributed by atoms with Gasteiger partial charge in [0.1, 0.15) is 0 Å². The summed E-state index contributed by atoms with van der Waals surface area (Å²) in [7, 11) is -1.45. The molecule has 0 aromatic heterocycles. The summed E-state index contributed by atoms with van der Waals surface area (Å²) in [5.41, 5.74) is 0. The second-order valence-corrected chi connectivity index (χ2v) is 7.57. The minimum Gasteiger partial charge on any atom is -0.356 e. The molecule has 1 aliphatic heterocycles. The van der Waals surface area contributed by atoms with Gasteiger partial charge in [-0.2, -0.15) is 11.8 Å². The van der Waals surface area contributed by atoms with Crippen LogP contribution in [0.4, 0.5) is 0 Å². The molecule has 112 valence electrons. The number of thioether (sulfide) groups is 1. The topological polar surface area (TPSA) is 73.8 Å². The van der Waals surface area contributed by atoms with E-state index >= 15 is 0 Å². The SMILES string of the molecule is CCCNC(=NC)NCCS(=O)(=O)N1CCSCC1. The van der Waals surface area contributed by atoms with Gasteiger partial charge in [0.15, 0.2) is 5.96 Å². The maximum absolute atomic E-state index is 12.1. The van der Waals surface area contributed by atoms with Crippen molar-refractivity contribution in [2.45, 2.75) is 13.3 Å². The molecule has 0 radical (unpaired) electrons. The summed E-state index contributed by atoms with van der Waals surface area (Å²) in [4.78, 5) is 4.04. The molecule has 0 aliphatic carbocycles.